The molecule has 156 valence electrons. The van der Waals surface area contributed by atoms with E-state index in [4.69, 9.17) is 14.2 Å². The van der Waals surface area contributed by atoms with Gasteiger partial charge in [-0.05, 0) is 76.0 Å². The van der Waals surface area contributed by atoms with Gasteiger partial charge in [0.05, 0.1) is 36.6 Å². The predicted octanol–water partition coefficient (Wildman–Crippen LogP) is 6.04. The number of rotatable bonds is 12. The van der Waals surface area contributed by atoms with Gasteiger partial charge in [0.2, 0.25) is 0 Å². The Hall–Kier alpha value is -0.120. The Kier molecular flexibility index (Phi) is 7.16. The number of unbranched alkanes of at least 4 members (excludes halogenated alkanes) is 2. The molecule has 0 bridgehead atoms. The van der Waals surface area contributed by atoms with Gasteiger partial charge in [-0.15, -0.1) is 0 Å². The topological polar surface area (TPSA) is 34.3 Å². The lowest BCUT2D eigenvalue weighted by Gasteiger charge is -2.31. The molecule has 4 fully saturated rings. The minimum atomic E-state index is 0.473. The second kappa shape index (κ2) is 9.59. The fourth-order valence-electron chi connectivity index (χ4n) is 5.76. The maximum atomic E-state index is 6.88. The third kappa shape index (κ3) is 5.93. The highest BCUT2D eigenvalue weighted by Crippen LogP contribution is 2.43. The van der Waals surface area contributed by atoms with Gasteiger partial charge in [0.25, 0.3) is 0 Å². The van der Waals surface area contributed by atoms with E-state index >= 15 is 0 Å². The first kappa shape index (κ1) is 20.2. The highest BCUT2D eigenvalue weighted by Gasteiger charge is 2.45. The normalized spacial score (nSPS) is 39.3. The molecule has 2 saturated heterocycles. The first-order chi connectivity index (χ1) is 13.2. The predicted molar refractivity (Wildman–Crippen MR) is 109 cm³/mol. The van der Waals surface area contributed by atoms with Crippen LogP contribution in [0, 0.1) is 11.8 Å². The molecular weight excluding hydrogens is 336 g/mol. The van der Waals surface area contributed by atoms with Crippen LogP contribution in [0.4, 0.5) is 0 Å². The lowest BCUT2D eigenvalue weighted by atomic mass is 9.83. The second-order valence-corrected chi connectivity index (χ2v) is 9.92. The smallest absolute Gasteiger partial charge is 0.0844 e. The minimum Gasteiger partial charge on any atom is -0.375 e. The van der Waals surface area contributed by atoms with Crippen LogP contribution in [0.3, 0.4) is 0 Å². The van der Waals surface area contributed by atoms with Crippen molar-refractivity contribution in [2.45, 2.75) is 140 Å². The number of epoxide rings is 2. The van der Waals surface area contributed by atoms with Gasteiger partial charge in [-0.3, -0.25) is 0 Å². The van der Waals surface area contributed by atoms with Gasteiger partial charge < -0.3 is 14.2 Å². The summed E-state index contributed by atoms with van der Waals surface area (Å²) in [6.45, 7) is 4.62. The molecule has 3 nitrogen and oxygen atoms in total. The summed E-state index contributed by atoms with van der Waals surface area (Å²) >= 11 is 0. The van der Waals surface area contributed by atoms with Crippen molar-refractivity contribution in [2.24, 2.45) is 11.8 Å². The largest absolute Gasteiger partial charge is 0.375 e. The molecule has 27 heavy (non-hydrogen) atoms. The molecule has 2 saturated carbocycles. The van der Waals surface area contributed by atoms with Crippen LogP contribution in [0.1, 0.15) is 104 Å². The van der Waals surface area contributed by atoms with Gasteiger partial charge in [0, 0.05) is 0 Å². The molecule has 4 aliphatic rings. The molecule has 3 heteroatoms. The van der Waals surface area contributed by atoms with E-state index in [2.05, 4.69) is 13.8 Å². The first-order valence-electron chi connectivity index (χ1n) is 12.2. The second-order valence-electron chi connectivity index (χ2n) is 9.92. The van der Waals surface area contributed by atoms with E-state index in [9.17, 15) is 0 Å². The summed E-state index contributed by atoms with van der Waals surface area (Å²) in [7, 11) is 0. The van der Waals surface area contributed by atoms with Gasteiger partial charge in [0.15, 0.2) is 0 Å². The van der Waals surface area contributed by atoms with Crippen LogP contribution in [0.25, 0.3) is 0 Å². The number of hydrogen-bond acceptors (Lipinski definition) is 3. The third-order valence-corrected chi connectivity index (χ3v) is 7.56. The fraction of sp³-hybridized carbons (Fsp3) is 1.00. The molecule has 0 N–H and O–H groups in total. The molecule has 0 spiro atoms. The minimum absolute atomic E-state index is 0.473. The molecule has 8 atom stereocenters. The van der Waals surface area contributed by atoms with Crippen LogP contribution >= 0.6 is 0 Å². The first-order valence-corrected chi connectivity index (χ1v) is 12.2. The molecule has 2 heterocycles. The van der Waals surface area contributed by atoms with Crippen molar-refractivity contribution >= 4 is 0 Å². The van der Waals surface area contributed by atoms with Crippen LogP contribution in [0.5, 0.6) is 0 Å². The van der Waals surface area contributed by atoms with E-state index in [0.29, 0.717) is 36.6 Å². The van der Waals surface area contributed by atoms with Gasteiger partial charge in [-0.25, -0.2) is 0 Å². The van der Waals surface area contributed by atoms with Gasteiger partial charge >= 0.3 is 0 Å². The zero-order valence-corrected chi connectivity index (χ0v) is 17.7. The van der Waals surface area contributed by atoms with E-state index < -0.39 is 0 Å². The van der Waals surface area contributed by atoms with Crippen molar-refractivity contribution in [2.75, 3.05) is 0 Å². The van der Waals surface area contributed by atoms with Crippen molar-refractivity contribution in [1.29, 1.82) is 0 Å². The number of fused-ring (bicyclic) bond motifs is 2. The van der Waals surface area contributed by atoms with E-state index in [1.807, 2.05) is 0 Å². The fourth-order valence-corrected chi connectivity index (χ4v) is 5.76. The van der Waals surface area contributed by atoms with Crippen molar-refractivity contribution in [3.05, 3.63) is 0 Å². The summed E-state index contributed by atoms with van der Waals surface area (Å²) < 4.78 is 18.4. The lowest BCUT2D eigenvalue weighted by molar-refractivity contribution is -0.0470. The highest BCUT2D eigenvalue weighted by molar-refractivity contribution is 4.93. The maximum absolute atomic E-state index is 6.88. The van der Waals surface area contributed by atoms with E-state index in [-0.39, 0.29) is 0 Å². The zero-order chi connectivity index (χ0) is 18.6. The van der Waals surface area contributed by atoms with Gasteiger partial charge in [-0.1, -0.05) is 39.5 Å². The Balaban J connectivity index is 1.29. The molecular formula is C24H42O3. The standard InChI is InChI=1S/C24H42O3/c1-3-5-7-19(13-17-9-11-21-23(15-17)26-21)25-20(8-6-4-2)14-18-10-12-22-24(16-18)27-22/h17-24H,3-16H2,1-2H3. The summed E-state index contributed by atoms with van der Waals surface area (Å²) in [6, 6.07) is 0. The van der Waals surface area contributed by atoms with Crippen LogP contribution in [-0.2, 0) is 14.2 Å². The molecule has 0 aromatic heterocycles. The Bertz CT molecular complexity index is 413. The average Bonchev–Trinajstić information content (AvgIpc) is 3.57. The van der Waals surface area contributed by atoms with E-state index in [0.717, 1.165) is 11.8 Å². The summed E-state index contributed by atoms with van der Waals surface area (Å²) in [6.07, 6.45) is 21.5. The monoisotopic (exact) mass is 378 g/mol. The summed E-state index contributed by atoms with van der Waals surface area (Å²) in [5.41, 5.74) is 0. The molecule has 0 radical (unpaired) electrons. The molecule has 0 aromatic rings. The summed E-state index contributed by atoms with van der Waals surface area (Å²) in [4.78, 5) is 0. The highest BCUT2D eigenvalue weighted by atomic mass is 16.6. The van der Waals surface area contributed by atoms with Crippen LogP contribution in [0.15, 0.2) is 0 Å². The molecule has 2 aliphatic heterocycles. The van der Waals surface area contributed by atoms with E-state index in [1.54, 1.807) is 0 Å². The number of ether oxygens (including phenoxy) is 3. The van der Waals surface area contributed by atoms with Crippen molar-refractivity contribution in [1.82, 2.24) is 0 Å². The van der Waals surface area contributed by atoms with Gasteiger partial charge in [-0.2, -0.15) is 0 Å². The molecule has 0 aromatic carbocycles. The Morgan fingerprint density at radius 2 is 1.19 bits per heavy atom. The maximum Gasteiger partial charge on any atom is 0.0844 e. The number of hydrogen-bond donors (Lipinski definition) is 0. The molecule has 0 amide bonds. The van der Waals surface area contributed by atoms with E-state index in [1.165, 1.54) is 89.9 Å². The Labute approximate surface area is 166 Å². The Morgan fingerprint density at radius 3 is 1.59 bits per heavy atom. The van der Waals surface area contributed by atoms with Crippen molar-refractivity contribution < 1.29 is 14.2 Å². The zero-order valence-electron chi connectivity index (χ0n) is 17.7. The molecule has 8 unspecified atom stereocenters. The molecule has 4 rings (SSSR count). The SMILES string of the molecule is CCCCC(CC1CCC2OC2C1)OC(CCCC)CC1CCC2OC2C1. The quantitative estimate of drug-likeness (QED) is 0.388. The van der Waals surface area contributed by atoms with Gasteiger partial charge in [0.1, 0.15) is 0 Å². The van der Waals surface area contributed by atoms with Crippen molar-refractivity contribution in [3.8, 4) is 0 Å². The third-order valence-electron chi connectivity index (χ3n) is 7.56. The average molecular weight is 379 g/mol. The summed E-state index contributed by atoms with van der Waals surface area (Å²) in [5.74, 6) is 1.66. The summed E-state index contributed by atoms with van der Waals surface area (Å²) in [5, 5.41) is 0. The van der Waals surface area contributed by atoms with Crippen LogP contribution in [-0.4, -0.2) is 36.6 Å². The lowest BCUT2D eigenvalue weighted by Crippen LogP contribution is -2.29. The van der Waals surface area contributed by atoms with Crippen LogP contribution in [0.2, 0.25) is 0 Å². The Morgan fingerprint density at radius 1 is 0.704 bits per heavy atom. The van der Waals surface area contributed by atoms with Crippen molar-refractivity contribution in [3.63, 3.8) is 0 Å². The molecule has 2 aliphatic carbocycles. The van der Waals surface area contributed by atoms with Crippen LogP contribution < -0.4 is 0 Å².